The molecule has 0 aliphatic carbocycles. The van der Waals surface area contributed by atoms with Crippen LogP contribution in [-0.4, -0.2) is 31.3 Å². The fourth-order valence-corrected chi connectivity index (χ4v) is 2.41. The molecule has 1 atom stereocenters. The summed E-state index contributed by atoms with van der Waals surface area (Å²) in [4.78, 5) is 13.3. The van der Waals surface area contributed by atoms with Crippen molar-refractivity contribution in [3.05, 3.63) is 30.1 Å². The molecule has 17 heavy (non-hydrogen) atoms. The Balaban J connectivity index is 1.87. The van der Waals surface area contributed by atoms with E-state index < -0.39 is 5.60 Å². The number of amides is 1. The van der Waals surface area contributed by atoms with E-state index in [1.54, 1.807) is 12.1 Å². The van der Waals surface area contributed by atoms with Gasteiger partial charge in [0.1, 0.15) is 11.4 Å². The van der Waals surface area contributed by atoms with Crippen LogP contribution in [0.25, 0.3) is 0 Å². The standard InChI is InChI=1S/C12H13FN2O2/c13-9-2-1-3-10(6-9)15-8-12(17-11(15)16)4-5-14-7-12/h1-3,6,14H,4-5,7-8H2. The first-order valence-electron chi connectivity index (χ1n) is 5.65. The lowest BCUT2D eigenvalue weighted by atomic mass is 10.0. The number of nitrogens with one attached hydrogen (secondary N) is 1. The molecule has 90 valence electrons. The second-order valence-electron chi connectivity index (χ2n) is 4.54. The number of rotatable bonds is 1. The second kappa shape index (κ2) is 3.70. The van der Waals surface area contributed by atoms with Crippen molar-refractivity contribution in [2.24, 2.45) is 0 Å². The summed E-state index contributed by atoms with van der Waals surface area (Å²) in [7, 11) is 0. The van der Waals surface area contributed by atoms with Crippen molar-refractivity contribution < 1.29 is 13.9 Å². The van der Waals surface area contributed by atoms with Crippen molar-refractivity contribution in [3.63, 3.8) is 0 Å². The zero-order valence-corrected chi connectivity index (χ0v) is 9.28. The van der Waals surface area contributed by atoms with Gasteiger partial charge in [0.2, 0.25) is 0 Å². The van der Waals surface area contributed by atoms with Crippen molar-refractivity contribution in [2.45, 2.75) is 12.0 Å². The maximum absolute atomic E-state index is 13.1. The summed E-state index contributed by atoms with van der Waals surface area (Å²) in [5.74, 6) is -0.346. The quantitative estimate of drug-likeness (QED) is 0.803. The Morgan fingerprint density at radius 1 is 1.47 bits per heavy atom. The summed E-state index contributed by atoms with van der Waals surface area (Å²) < 4.78 is 18.5. The first kappa shape index (κ1) is 10.5. The van der Waals surface area contributed by atoms with E-state index in [9.17, 15) is 9.18 Å². The molecule has 2 fully saturated rings. The second-order valence-corrected chi connectivity index (χ2v) is 4.54. The lowest BCUT2D eigenvalue weighted by molar-refractivity contribution is 0.0733. The van der Waals surface area contributed by atoms with E-state index in [1.807, 2.05) is 0 Å². The number of anilines is 1. The van der Waals surface area contributed by atoms with Crippen LogP contribution in [0.4, 0.5) is 14.9 Å². The highest BCUT2D eigenvalue weighted by Gasteiger charge is 2.47. The molecule has 0 radical (unpaired) electrons. The maximum atomic E-state index is 13.1. The molecule has 5 heteroatoms. The van der Waals surface area contributed by atoms with Crippen LogP contribution < -0.4 is 10.2 Å². The molecule has 0 aromatic heterocycles. The Bertz CT molecular complexity index is 458. The molecular weight excluding hydrogens is 223 g/mol. The van der Waals surface area contributed by atoms with Crippen LogP contribution in [-0.2, 0) is 4.74 Å². The van der Waals surface area contributed by atoms with E-state index in [0.717, 1.165) is 13.0 Å². The molecule has 2 saturated heterocycles. The fourth-order valence-electron chi connectivity index (χ4n) is 2.41. The van der Waals surface area contributed by atoms with Gasteiger partial charge < -0.3 is 10.1 Å². The molecule has 1 amide bonds. The van der Waals surface area contributed by atoms with E-state index in [-0.39, 0.29) is 11.9 Å². The highest BCUT2D eigenvalue weighted by Crippen LogP contribution is 2.32. The fraction of sp³-hybridized carbons (Fsp3) is 0.417. The first-order valence-corrected chi connectivity index (χ1v) is 5.65. The number of halogens is 1. The van der Waals surface area contributed by atoms with Crippen LogP contribution in [0, 0.1) is 5.82 Å². The van der Waals surface area contributed by atoms with Gasteiger partial charge in [0.15, 0.2) is 0 Å². The van der Waals surface area contributed by atoms with E-state index in [1.165, 1.54) is 17.0 Å². The Hall–Kier alpha value is -1.62. The van der Waals surface area contributed by atoms with Crippen molar-refractivity contribution in [3.8, 4) is 0 Å². The molecule has 0 saturated carbocycles. The van der Waals surface area contributed by atoms with Crippen molar-refractivity contribution in [1.82, 2.24) is 5.32 Å². The average Bonchev–Trinajstić information content (AvgIpc) is 2.87. The highest BCUT2D eigenvalue weighted by molar-refractivity contribution is 5.90. The van der Waals surface area contributed by atoms with Gasteiger partial charge in [-0.3, -0.25) is 4.90 Å². The molecule has 1 N–H and O–H groups in total. The summed E-state index contributed by atoms with van der Waals surface area (Å²) in [6, 6.07) is 6.02. The number of carbonyl (C=O) groups is 1. The summed E-state index contributed by atoms with van der Waals surface area (Å²) >= 11 is 0. The van der Waals surface area contributed by atoms with Crippen molar-refractivity contribution in [2.75, 3.05) is 24.5 Å². The normalized spacial score (nSPS) is 27.8. The predicted octanol–water partition coefficient (Wildman–Crippen LogP) is 1.51. The van der Waals surface area contributed by atoms with Crippen LogP contribution in [0.3, 0.4) is 0 Å². The molecular formula is C12H13FN2O2. The number of hydrogen-bond donors (Lipinski definition) is 1. The molecule has 2 aliphatic heterocycles. The van der Waals surface area contributed by atoms with Gasteiger partial charge in [0.25, 0.3) is 0 Å². The van der Waals surface area contributed by atoms with Gasteiger partial charge in [-0.15, -0.1) is 0 Å². The van der Waals surface area contributed by atoms with Gasteiger partial charge >= 0.3 is 6.09 Å². The number of benzene rings is 1. The van der Waals surface area contributed by atoms with Crippen LogP contribution in [0.2, 0.25) is 0 Å². The van der Waals surface area contributed by atoms with E-state index in [0.29, 0.717) is 18.8 Å². The SMILES string of the molecule is O=C1OC2(CCNC2)CN1c1cccc(F)c1. The van der Waals surface area contributed by atoms with E-state index in [4.69, 9.17) is 4.74 Å². The minimum atomic E-state index is -0.427. The van der Waals surface area contributed by atoms with Crippen LogP contribution in [0.15, 0.2) is 24.3 Å². The summed E-state index contributed by atoms with van der Waals surface area (Å²) in [5, 5.41) is 3.18. The Morgan fingerprint density at radius 2 is 2.35 bits per heavy atom. The minimum Gasteiger partial charge on any atom is -0.439 e. The zero-order valence-electron chi connectivity index (χ0n) is 9.28. The molecule has 0 bridgehead atoms. The van der Waals surface area contributed by atoms with Gasteiger partial charge in [0, 0.05) is 13.0 Å². The summed E-state index contributed by atoms with van der Waals surface area (Å²) in [6.07, 6.45) is 0.421. The lowest BCUT2D eigenvalue weighted by Gasteiger charge is -2.19. The topological polar surface area (TPSA) is 41.6 Å². The summed E-state index contributed by atoms with van der Waals surface area (Å²) in [5.41, 5.74) is 0.127. The first-order chi connectivity index (χ1) is 8.19. The lowest BCUT2D eigenvalue weighted by Crippen LogP contribution is -2.36. The third-order valence-electron chi connectivity index (χ3n) is 3.29. The number of carbonyl (C=O) groups excluding carboxylic acids is 1. The third kappa shape index (κ3) is 1.76. The van der Waals surface area contributed by atoms with Gasteiger partial charge in [0.05, 0.1) is 12.2 Å². The molecule has 2 heterocycles. The van der Waals surface area contributed by atoms with E-state index >= 15 is 0 Å². The molecule has 1 aromatic rings. The molecule has 2 aliphatic rings. The molecule has 3 rings (SSSR count). The van der Waals surface area contributed by atoms with Gasteiger partial charge in [-0.05, 0) is 24.7 Å². The van der Waals surface area contributed by atoms with Crippen LogP contribution in [0.1, 0.15) is 6.42 Å². The Labute approximate surface area is 98.4 Å². The molecule has 4 nitrogen and oxygen atoms in total. The number of ether oxygens (including phenoxy) is 1. The summed E-state index contributed by atoms with van der Waals surface area (Å²) in [6.45, 7) is 2.01. The van der Waals surface area contributed by atoms with Crippen molar-refractivity contribution >= 4 is 11.8 Å². The highest BCUT2D eigenvalue weighted by atomic mass is 19.1. The smallest absolute Gasteiger partial charge is 0.415 e. The maximum Gasteiger partial charge on any atom is 0.415 e. The number of hydrogen-bond acceptors (Lipinski definition) is 3. The number of nitrogens with zero attached hydrogens (tertiary/aromatic N) is 1. The van der Waals surface area contributed by atoms with Crippen molar-refractivity contribution in [1.29, 1.82) is 0 Å². The van der Waals surface area contributed by atoms with Gasteiger partial charge in [-0.2, -0.15) is 0 Å². The molecule has 1 aromatic carbocycles. The Morgan fingerprint density at radius 3 is 3.06 bits per heavy atom. The van der Waals surface area contributed by atoms with Crippen LogP contribution in [0.5, 0.6) is 0 Å². The molecule has 1 spiro atoms. The average molecular weight is 236 g/mol. The van der Waals surface area contributed by atoms with Gasteiger partial charge in [-0.25, -0.2) is 9.18 Å². The van der Waals surface area contributed by atoms with E-state index in [2.05, 4.69) is 5.32 Å². The van der Waals surface area contributed by atoms with Crippen LogP contribution >= 0.6 is 0 Å². The van der Waals surface area contributed by atoms with Gasteiger partial charge in [-0.1, -0.05) is 6.07 Å². The largest absolute Gasteiger partial charge is 0.439 e. The molecule has 1 unspecified atom stereocenters. The zero-order chi connectivity index (χ0) is 11.9. The Kier molecular flexibility index (Phi) is 2.29. The predicted molar refractivity (Wildman–Crippen MR) is 60.4 cm³/mol. The third-order valence-corrected chi connectivity index (χ3v) is 3.29. The monoisotopic (exact) mass is 236 g/mol. The minimum absolute atomic E-state index is 0.346.